The molecule has 0 aliphatic carbocycles. The molecule has 1 unspecified atom stereocenters. The smallest absolute Gasteiger partial charge is 0.129 e. The van der Waals surface area contributed by atoms with Crippen LogP contribution in [-0.4, -0.2) is 31.2 Å². The fourth-order valence-corrected chi connectivity index (χ4v) is 3.44. The van der Waals surface area contributed by atoms with Gasteiger partial charge in [-0.05, 0) is 44.4 Å². The zero-order chi connectivity index (χ0) is 13.1. The summed E-state index contributed by atoms with van der Waals surface area (Å²) in [7, 11) is 0. The zero-order valence-corrected chi connectivity index (χ0v) is 11.2. The maximum absolute atomic E-state index is 9.00. The Morgan fingerprint density at radius 2 is 2.26 bits per heavy atom. The molecule has 2 aliphatic rings. The molecule has 2 fully saturated rings. The highest BCUT2D eigenvalue weighted by atomic mass is 15.2. The molecule has 0 saturated carbocycles. The summed E-state index contributed by atoms with van der Waals surface area (Å²) in [5.41, 5.74) is 1.12. The third-order valence-corrected chi connectivity index (χ3v) is 4.42. The number of hydrogen-bond donors (Lipinski definition) is 1. The van der Waals surface area contributed by atoms with Gasteiger partial charge < -0.3 is 10.2 Å². The second-order valence-corrected chi connectivity index (χ2v) is 5.82. The lowest BCUT2D eigenvalue weighted by Crippen LogP contribution is -2.51. The maximum atomic E-state index is 9.00. The van der Waals surface area contributed by atoms with Crippen molar-refractivity contribution >= 4 is 5.82 Å². The number of nitrogens with one attached hydrogen (secondary N) is 1. The summed E-state index contributed by atoms with van der Waals surface area (Å²) in [4.78, 5) is 6.80. The first-order valence-electron chi connectivity index (χ1n) is 7.13. The first-order valence-corrected chi connectivity index (χ1v) is 7.13. The Balaban J connectivity index is 1.79. The van der Waals surface area contributed by atoms with E-state index in [0.717, 1.165) is 32.0 Å². The number of rotatable bonds is 1. The highest BCUT2D eigenvalue weighted by molar-refractivity contribution is 5.45. The average Bonchev–Trinajstić information content (AvgIpc) is 2.48. The molecular weight excluding hydrogens is 236 g/mol. The van der Waals surface area contributed by atoms with Crippen molar-refractivity contribution in [1.29, 1.82) is 5.26 Å². The Bertz CT molecular complexity index is 480. The monoisotopic (exact) mass is 256 g/mol. The molecule has 2 saturated heterocycles. The van der Waals surface area contributed by atoms with E-state index in [-0.39, 0.29) is 0 Å². The van der Waals surface area contributed by atoms with E-state index < -0.39 is 0 Å². The van der Waals surface area contributed by atoms with E-state index in [1.807, 2.05) is 6.07 Å². The maximum Gasteiger partial charge on any atom is 0.129 e. The van der Waals surface area contributed by atoms with Crippen molar-refractivity contribution in [3.63, 3.8) is 0 Å². The van der Waals surface area contributed by atoms with E-state index in [4.69, 9.17) is 5.26 Å². The summed E-state index contributed by atoms with van der Waals surface area (Å²) in [6.07, 6.45) is 6.87. The highest BCUT2D eigenvalue weighted by Crippen LogP contribution is 2.37. The van der Waals surface area contributed by atoms with Gasteiger partial charge in [0.15, 0.2) is 0 Å². The Labute approximate surface area is 114 Å². The van der Waals surface area contributed by atoms with E-state index in [0.29, 0.717) is 11.0 Å². The van der Waals surface area contributed by atoms with Gasteiger partial charge in [0.1, 0.15) is 5.82 Å². The molecule has 100 valence electrons. The van der Waals surface area contributed by atoms with Gasteiger partial charge in [-0.15, -0.1) is 0 Å². The SMILES string of the molecule is N#Cc1ccnc(N2CCCC3(CCCNC3)C2)c1. The van der Waals surface area contributed by atoms with Gasteiger partial charge in [0.05, 0.1) is 11.6 Å². The van der Waals surface area contributed by atoms with Crippen LogP contribution < -0.4 is 10.2 Å². The summed E-state index contributed by atoms with van der Waals surface area (Å²) < 4.78 is 0. The molecule has 1 spiro atoms. The number of hydrogen-bond acceptors (Lipinski definition) is 4. The molecule has 1 atom stereocenters. The minimum atomic E-state index is 0.417. The first-order chi connectivity index (χ1) is 9.31. The highest BCUT2D eigenvalue weighted by Gasteiger charge is 2.36. The molecular formula is C15H20N4. The molecule has 0 radical (unpaired) electrons. The predicted molar refractivity (Wildman–Crippen MR) is 74.9 cm³/mol. The fraction of sp³-hybridized carbons (Fsp3) is 0.600. The van der Waals surface area contributed by atoms with E-state index >= 15 is 0 Å². The molecule has 1 aromatic rings. The number of anilines is 1. The summed E-state index contributed by atoms with van der Waals surface area (Å²) >= 11 is 0. The Morgan fingerprint density at radius 1 is 1.37 bits per heavy atom. The Morgan fingerprint density at radius 3 is 3.05 bits per heavy atom. The topological polar surface area (TPSA) is 52.0 Å². The summed E-state index contributed by atoms with van der Waals surface area (Å²) in [6, 6.07) is 5.88. The van der Waals surface area contributed by atoms with Gasteiger partial charge in [0.2, 0.25) is 0 Å². The van der Waals surface area contributed by atoms with Crippen LogP contribution in [0.2, 0.25) is 0 Å². The molecule has 3 rings (SSSR count). The summed E-state index contributed by atoms with van der Waals surface area (Å²) in [6.45, 7) is 4.41. The van der Waals surface area contributed by atoms with Crippen LogP contribution in [0.15, 0.2) is 18.3 Å². The van der Waals surface area contributed by atoms with Crippen LogP contribution in [0.3, 0.4) is 0 Å². The van der Waals surface area contributed by atoms with Crippen LogP contribution >= 0.6 is 0 Å². The van der Waals surface area contributed by atoms with Crippen molar-refractivity contribution in [1.82, 2.24) is 10.3 Å². The standard InChI is InChI=1S/C15H20N4/c16-10-13-3-7-18-14(9-13)19-8-2-5-15(12-19)4-1-6-17-11-15/h3,7,9,17H,1-2,4-6,8,11-12H2. The van der Waals surface area contributed by atoms with Crippen LogP contribution in [0.4, 0.5) is 5.82 Å². The molecule has 1 N–H and O–H groups in total. The van der Waals surface area contributed by atoms with Crippen LogP contribution in [0.25, 0.3) is 0 Å². The van der Waals surface area contributed by atoms with Crippen molar-refractivity contribution in [2.75, 3.05) is 31.1 Å². The molecule has 4 nitrogen and oxygen atoms in total. The molecule has 0 aromatic carbocycles. The van der Waals surface area contributed by atoms with Gasteiger partial charge in [0, 0.05) is 31.2 Å². The lowest BCUT2D eigenvalue weighted by atomic mass is 9.74. The van der Waals surface area contributed by atoms with Crippen molar-refractivity contribution in [2.24, 2.45) is 5.41 Å². The molecule has 2 aliphatic heterocycles. The van der Waals surface area contributed by atoms with Gasteiger partial charge in [-0.25, -0.2) is 4.98 Å². The van der Waals surface area contributed by atoms with Gasteiger partial charge in [-0.2, -0.15) is 5.26 Å². The average molecular weight is 256 g/mol. The Kier molecular flexibility index (Phi) is 3.39. The molecule has 0 bridgehead atoms. The second kappa shape index (κ2) is 5.18. The number of nitriles is 1. The van der Waals surface area contributed by atoms with Crippen molar-refractivity contribution < 1.29 is 0 Å². The number of nitrogens with zero attached hydrogens (tertiary/aromatic N) is 3. The molecule has 0 amide bonds. The van der Waals surface area contributed by atoms with Crippen LogP contribution in [-0.2, 0) is 0 Å². The van der Waals surface area contributed by atoms with Gasteiger partial charge in [0.25, 0.3) is 0 Å². The van der Waals surface area contributed by atoms with E-state index in [9.17, 15) is 0 Å². The number of piperidine rings is 2. The van der Waals surface area contributed by atoms with Crippen molar-refractivity contribution in [2.45, 2.75) is 25.7 Å². The second-order valence-electron chi connectivity index (χ2n) is 5.82. The van der Waals surface area contributed by atoms with Crippen LogP contribution in [0.5, 0.6) is 0 Å². The largest absolute Gasteiger partial charge is 0.356 e. The zero-order valence-electron chi connectivity index (χ0n) is 11.2. The molecule has 1 aromatic heterocycles. The molecule has 4 heteroatoms. The minimum Gasteiger partial charge on any atom is -0.356 e. The quantitative estimate of drug-likeness (QED) is 0.834. The van der Waals surface area contributed by atoms with Crippen molar-refractivity contribution in [3.05, 3.63) is 23.9 Å². The third-order valence-electron chi connectivity index (χ3n) is 4.42. The fourth-order valence-electron chi connectivity index (χ4n) is 3.44. The Hall–Kier alpha value is -1.60. The normalized spacial score (nSPS) is 27.2. The van der Waals surface area contributed by atoms with E-state index in [2.05, 4.69) is 21.3 Å². The van der Waals surface area contributed by atoms with Gasteiger partial charge in [-0.1, -0.05) is 0 Å². The lowest BCUT2D eigenvalue weighted by molar-refractivity contribution is 0.173. The summed E-state index contributed by atoms with van der Waals surface area (Å²) in [5, 5.41) is 12.5. The molecule has 3 heterocycles. The number of pyridine rings is 1. The predicted octanol–water partition coefficient (Wildman–Crippen LogP) is 1.92. The van der Waals surface area contributed by atoms with Gasteiger partial charge in [-0.3, -0.25) is 0 Å². The van der Waals surface area contributed by atoms with Crippen LogP contribution in [0.1, 0.15) is 31.2 Å². The summed E-state index contributed by atoms with van der Waals surface area (Å²) in [5.74, 6) is 0.962. The van der Waals surface area contributed by atoms with Crippen LogP contribution in [0, 0.1) is 16.7 Å². The van der Waals surface area contributed by atoms with E-state index in [1.54, 1.807) is 12.3 Å². The minimum absolute atomic E-state index is 0.417. The number of aromatic nitrogens is 1. The van der Waals surface area contributed by atoms with Crippen molar-refractivity contribution in [3.8, 4) is 6.07 Å². The first kappa shape index (κ1) is 12.4. The third kappa shape index (κ3) is 2.57. The lowest BCUT2D eigenvalue weighted by Gasteiger charge is -2.45. The molecule has 19 heavy (non-hydrogen) atoms. The van der Waals surface area contributed by atoms with Gasteiger partial charge >= 0.3 is 0 Å². The van der Waals surface area contributed by atoms with E-state index in [1.165, 1.54) is 25.7 Å².